The monoisotopic (exact) mass is 595 g/mol. The average molecular weight is 596 g/mol. The Morgan fingerprint density at radius 1 is 0.756 bits per heavy atom. The van der Waals surface area contributed by atoms with Crippen molar-refractivity contribution >= 4 is 29.0 Å². The zero-order valence-corrected chi connectivity index (χ0v) is 25.4. The number of benzene rings is 4. The van der Waals surface area contributed by atoms with Crippen molar-refractivity contribution in [3.05, 3.63) is 155 Å². The molecule has 4 aromatic carbocycles. The molecular formula is C38H33N3O4. The smallest absolute Gasteiger partial charge is 0.341 e. The molecule has 2 heterocycles. The SMILES string of the molecule is CCOC(=O)c1ccc2c(c(/C=C/c3ccc(OC)nc3)nn2C(c2ccccc2)(c2ccccc2)c2ccccc2)c1OC. The molecule has 0 unspecified atom stereocenters. The summed E-state index contributed by atoms with van der Waals surface area (Å²) in [5.74, 6) is 0.465. The number of carbonyl (C=O) groups excluding carboxylic acids is 1. The molecule has 0 saturated heterocycles. The quantitative estimate of drug-likeness (QED) is 0.120. The lowest BCUT2D eigenvalue weighted by atomic mass is 9.77. The maximum atomic E-state index is 13.1. The number of ether oxygens (including phenoxy) is 3. The number of rotatable bonds is 10. The first-order valence-corrected chi connectivity index (χ1v) is 14.7. The van der Waals surface area contributed by atoms with Crippen LogP contribution in [0.4, 0.5) is 0 Å². The van der Waals surface area contributed by atoms with Gasteiger partial charge in [0, 0.05) is 12.3 Å². The van der Waals surface area contributed by atoms with Crippen molar-refractivity contribution in [2.45, 2.75) is 12.5 Å². The summed E-state index contributed by atoms with van der Waals surface area (Å²) in [6, 6.07) is 38.4. The van der Waals surface area contributed by atoms with Crippen LogP contribution in [0.25, 0.3) is 23.1 Å². The minimum absolute atomic E-state index is 0.246. The molecule has 0 radical (unpaired) electrons. The molecule has 6 rings (SSSR count). The van der Waals surface area contributed by atoms with Gasteiger partial charge in [-0.1, -0.05) is 97.1 Å². The zero-order chi connectivity index (χ0) is 31.2. The van der Waals surface area contributed by atoms with Gasteiger partial charge in [-0.05, 0) is 53.5 Å². The van der Waals surface area contributed by atoms with Gasteiger partial charge in [0.25, 0.3) is 0 Å². The molecule has 6 aromatic rings. The Morgan fingerprint density at radius 3 is 1.84 bits per heavy atom. The third kappa shape index (κ3) is 5.33. The minimum Gasteiger partial charge on any atom is -0.495 e. The maximum absolute atomic E-state index is 13.1. The van der Waals surface area contributed by atoms with Gasteiger partial charge in [0.15, 0.2) is 0 Å². The summed E-state index contributed by atoms with van der Waals surface area (Å²) in [5.41, 5.74) is 4.78. The van der Waals surface area contributed by atoms with Crippen LogP contribution in [0.5, 0.6) is 11.6 Å². The van der Waals surface area contributed by atoms with Gasteiger partial charge < -0.3 is 14.2 Å². The van der Waals surface area contributed by atoms with Gasteiger partial charge in [-0.2, -0.15) is 5.10 Å². The molecule has 7 nitrogen and oxygen atoms in total. The van der Waals surface area contributed by atoms with Crippen molar-refractivity contribution in [3.63, 3.8) is 0 Å². The van der Waals surface area contributed by atoms with Gasteiger partial charge >= 0.3 is 5.97 Å². The predicted octanol–water partition coefficient (Wildman–Crippen LogP) is 7.64. The van der Waals surface area contributed by atoms with Gasteiger partial charge in [0.05, 0.1) is 37.4 Å². The third-order valence-corrected chi connectivity index (χ3v) is 7.82. The van der Waals surface area contributed by atoms with Crippen molar-refractivity contribution in [1.29, 1.82) is 0 Å². The minimum atomic E-state index is -0.883. The summed E-state index contributed by atoms with van der Waals surface area (Å²) in [4.78, 5) is 17.5. The van der Waals surface area contributed by atoms with Crippen molar-refractivity contribution in [1.82, 2.24) is 14.8 Å². The van der Waals surface area contributed by atoms with E-state index in [-0.39, 0.29) is 6.61 Å². The van der Waals surface area contributed by atoms with E-state index in [2.05, 4.69) is 41.4 Å². The lowest BCUT2D eigenvalue weighted by molar-refractivity contribution is 0.0523. The van der Waals surface area contributed by atoms with Gasteiger partial charge in [0.2, 0.25) is 5.88 Å². The number of aromatic nitrogens is 3. The van der Waals surface area contributed by atoms with E-state index in [1.54, 1.807) is 39.5 Å². The number of pyridine rings is 1. The number of esters is 1. The maximum Gasteiger partial charge on any atom is 0.341 e. The number of carbonyl (C=O) groups is 1. The lowest BCUT2D eigenvalue weighted by Gasteiger charge is -2.37. The summed E-state index contributed by atoms with van der Waals surface area (Å²) in [6.07, 6.45) is 5.59. The number of fused-ring (bicyclic) bond motifs is 1. The Bertz CT molecular complexity index is 1840. The van der Waals surface area contributed by atoms with E-state index in [0.29, 0.717) is 28.3 Å². The van der Waals surface area contributed by atoms with Crippen molar-refractivity contribution in [2.24, 2.45) is 0 Å². The van der Waals surface area contributed by atoms with Crippen LogP contribution in [-0.4, -0.2) is 41.6 Å². The fraction of sp³-hybridized carbons (Fsp3) is 0.132. The molecule has 0 atom stereocenters. The highest BCUT2D eigenvalue weighted by atomic mass is 16.5. The Morgan fingerprint density at radius 2 is 1.36 bits per heavy atom. The predicted molar refractivity (Wildman–Crippen MR) is 177 cm³/mol. The largest absolute Gasteiger partial charge is 0.495 e. The van der Waals surface area contributed by atoms with E-state index in [0.717, 1.165) is 27.8 Å². The Labute approximate surface area is 262 Å². The highest BCUT2D eigenvalue weighted by Crippen LogP contribution is 2.45. The van der Waals surface area contributed by atoms with Crippen LogP contribution < -0.4 is 9.47 Å². The molecule has 0 aliphatic rings. The van der Waals surface area contributed by atoms with Crippen LogP contribution in [0.2, 0.25) is 0 Å². The third-order valence-electron chi connectivity index (χ3n) is 7.82. The second-order valence-electron chi connectivity index (χ2n) is 10.3. The van der Waals surface area contributed by atoms with Crippen LogP contribution in [0.1, 0.15) is 45.2 Å². The first kappa shape index (κ1) is 29.4. The fourth-order valence-corrected chi connectivity index (χ4v) is 5.85. The Balaban J connectivity index is 1.72. The van der Waals surface area contributed by atoms with Gasteiger partial charge in [-0.25, -0.2) is 14.5 Å². The highest BCUT2D eigenvalue weighted by molar-refractivity contribution is 6.04. The Kier molecular flexibility index (Phi) is 8.42. The summed E-state index contributed by atoms with van der Waals surface area (Å²) < 4.78 is 18.7. The number of methoxy groups -OCH3 is 2. The standard InChI is InChI=1S/C38H33N3O4/c1-4-45-37(42)31-22-24-33-35(36(31)44-3)32(23-20-27-21-25-34(43-2)39-26-27)40-41(33)38(28-14-8-5-9-15-28,29-16-10-6-11-17-29)30-18-12-7-13-19-30/h5-26H,4H2,1-3H3/b23-20+. The Hall–Kier alpha value is -5.69. The van der Waals surface area contributed by atoms with E-state index in [1.165, 1.54) is 0 Å². The highest BCUT2D eigenvalue weighted by Gasteiger charge is 2.41. The molecule has 0 amide bonds. The zero-order valence-electron chi connectivity index (χ0n) is 25.4. The molecule has 0 aliphatic heterocycles. The van der Waals surface area contributed by atoms with Crippen LogP contribution in [0.3, 0.4) is 0 Å². The van der Waals surface area contributed by atoms with Crippen molar-refractivity contribution in [2.75, 3.05) is 20.8 Å². The first-order chi connectivity index (χ1) is 22.1. The second-order valence-corrected chi connectivity index (χ2v) is 10.3. The number of nitrogens with zero attached hydrogens (tertiary/aromatic N) is 3. The summed E-state index contributed by atoms with van der Waals surface area (Å²) in [5, 5.41) is 6.04. The molecule has 0 aliphatic carbocycles. The lowest BCUT2D eigenvalue weighted by Crippen LogP contribution is -2.38. The van der Waals surface area contributed by atoms with Gasteiger partial charge in [0.1, 0.15) is 16.9 Å². The van der Waals surface area contributed by atoms with Crippen LogP contribution in [0.15, 0.2) is 121 Å². The normalized spacial score (nSPS) is 11.5. The summed E-state index contributed by atoms with van der Waals surface area (Å²) >= 11 is 0. The van der Waals surface area contributed by atoms with E-state index in [4.69, 9.17) is 19.3 Å². The number of hydrogen-bond donors (Lipinski definition) is 0. The average Bonchev–Trinajstić information content (AvgIpc) is 3.48. The molecule has 0 fully saturated rings. The van der Waals surface area contributed by atoms with E-state index >= 15 is 0 Å². The molecule has 0 spiro atoms. The molecule has 2 aromatic heterocycles. The van der Waals surface area contributed by atoms with E-state index < -0.39 is 11.5 Å². The molecule has 224 valence electrons. The molecular weight excluding hydrogens is 562 g/mol. The first-order valence-electron chi connectivity index (χ1n) is 14.7. The van der Waals surface area contributed by atoms with Crippen LogP contribution in [0, 0.1) is 0 Å². The van der Waals surface area contributed by atoms with E-state index in [9.17, 15) is 4.79 Å². The molecule has 0 saturated carbocycles. The second kappa shape index (κ2) is 12.9. The van der Waals surface area contributed by atoms with Gasteiger partial charge in [-0.15, -0.1) is 0 Å². The van der Waals surface area contributed by atoms with Crippen molar-refractivity contribution < 1.29 is 19.0 Å². The molecule has 7 heteroatoms. The topological polar surface area (TPSA) is 75.5 Å². The fourth-order valence-electron chi connectivity index (χ4n) is 5.85. The molecule has 0 bridgehead atoms. The van der Waals surface area contributed by atoms with Crippen molar-refractivity contribution in [3.8, 4) is 11.6 Å². The van der Waals surface area contributed by atoms with E-state index in [1.807, 2.05) is 83.6 Å². The molecule has 45 heavy (non-hydrogen) atoms. The van der Waals surface area contributed by atoms with Gasteiger partial charge in [-0.3, -0.25) is 0 Å². The summed E-state index contributed by atoms with van der Waals surface area (Å²) in [6.45, 7) is 2.03. The number of hydrogen-bond acceptors (Lipinski definition) is 6. The summed E-state index contributed by atoms with van der Waals surface area (Å²) in [7, 11) is 3.15. The molecule has 0 N–H and O–H groups in total. The van der Waals surface area contributed by atoms with Crippen LogP contribution >= 0.6 is 0 Å². The van der Waals surface area contributed by atoms with Crippen LogP contribution in [-0.2, 0) is 10.3 Å².